The minimum absolute atomic E-state index is 0.341. The van der Waals surface area contributed by atoms with Crippen LogP contribution in [-0.2, 0) is 19.6 Å². The van der Waals surface area contributed by atoms with E-state index in [4.69, 9.17) is 0 Å². The third kappa shape index (κ3) is 3.06. The van der Waals surface area contributed by atoms with Gasteiger partial charge < -0.3 is 4.74 Å². The van der Waals surface area contributed by atoms with E-state index in [1.165, 1.54) is 18.4 Å². The Labute approximate surface area is 116 Å². The fraction of sp³-hybridized carbons (Fsp3) is 0.636. The first-order valence-electron chi connectivity index (χ1n) is 5.96. The molecule has 106 valence electrons. The number of methoxy groups -OCH3 is 1. The molecule has 1 fully saturated rings. The number of rotatable bonds is 4. The normalized spacial score (nSPS) is 23.3. The van der Waals surface area contributed by atoms with Gasteiger partial charge in [-0.25, -0.2) is 13.4 Å². The van der Waals surface area contributed by atoms with Gasteiger partial charge in [0.25, 0.3) is 0 Å². The number of anilines is 1. The molecule has 8 heteroatoms. The maximum Gasteiger partial charge on any atom is 0.310 e. The Kier molecular flexibility index (Phi) is 4.10. The van der Waals surface area contributed by atoms with Crippen molar-refractivity contribution in [1.29, 1.82) is 0 Å². The number of hydrogen-bond acceptors (Lipinski definition) is 6. The third-order valence-electron chi connectivity index (χ3n) is 3.21. The van der Waals surface area contributed by atoms with Gasteiger partial charge in [-0.2, -0.15) is 0 Å². The molecule has 1 aromatic heterocycles. The first-order valence-corrected chi connectivity index (χ1v) is 8.32. The van der Waals surface area contributed by atoms with Crippen LogP contribution in [0.3, 0.4) is 0 Å². The lowest BCUT2D eigenvalue weighted by molar-refractivity contribution is -0.145. The maximum atomic E-state index is 12.3. The molecule has 1 heterocycles. The molecule has 2 atom stereocenters. The van der Waals surface area contributed by atoms with E-state index >= 15 is 0 Å². The van der Waals surface area contributed by atoms with Gasteiger partial charge in [-0.15, -0.1) is 11.3 Å². The molecule has 1 saturated carbocycles. The number of hydrogen-bond donors (Lipinski definition) is 1. The number of thiazole rings is 1. The topological polar surface area (TPSA) is 85.4 Å². The summed E-state index contributed by atoms with van der Waals surface area (Å²) in [5.41, 5.74) is 0. The van der Waals surface area contributed by atoms with E-state index in [-0.39, 0.29) is 0 Å². The van der Waals surface area contributed by atoms with Crippen molar-refractivity contribution in [3.63, 3.8) is 0 Å². The molecule has 1 aliphatic rings. The van der Waals surface area contributed by atoms with E-state index in [2.05, 4.69) is 14.4 Å². The first kappa shape index (κ1) is 14.3. The Morgan fingerprint density at radius 1 is 1.53 bits per heavy atom. The molecule has 0 aromatic carbocycles. The number of esters is 1. The minimum atomic E-state index is -3.61. The van der Waals surface area contributed by atoms with Crippen LogP contribution >= 0.6 is 11.3 Å². The quantitative estimate of drug-likeness (QED) is 0.853. The number of nitrogens with one attached hydrogen (secondary N) is 1. The van der Waals surface area contributed by atoms with Crippen molar-refractivity contribution < 1.29 is 17.9 Å². The molecule has 0 amide bonds. The number of nitrogens with zero attached hydrogens (tertiary/aromatic N) is 1. The second kappa shape index (κ2) is 5.46. The van der Waals surface area contributed by atoms with Gasteiger partial charge in [0.1, 0.15) is 0 Å². The highest BCUT2D eigenvalue weighted by atomic mass is 32.2. The maximum absolute atomic E-state index is 12.3. The van der Waals surface area contributed by atoms with Crippen molar-refractivity contribution in [3.05, 3.63) is 11.1 Å². The molecule has 19 heavy (non-hydrogen) atoms. The van der Waals surface area contributed by atoms with Crippen LogP contribution in [0.1, 0.15) is 24.1 Å². The Morgan fingerprint density at radius 2 is 2.26 bits per heavy atom. The number of aryl methyl sites for hydroxylation is 1. The van der Waals surface area contributed by atoms with E-state index in [0.29, 0.717) is 24.4 Å². The van der Waals surface area contributed by atoms with Gasteiger partial charge in [0.2, 0.25) is 10.0 Å². The van der Waals surface area contributed by atoms with E-state index in [9.17, 15) is 13.2 Å². The second-order valence-electron chi connectivity index (χ2n) is 4.52. The SMILES string of the molecule is COC(=O)C1CCCC1S(=O)(=O)Nc1ncc(C)s1. The van der Waals surface area contributed by atoms with Crippen molar-refractivity contribution in [1.82, 2.24) is 4.98 Å². The van der Waals surface area contributed by atoms with Crippen LogP contribution < -0.4 is 4.72 Å². The summed E-state index contributed by atoms with van der Waals surface area (Å²) in [5, 5.41) is -0.392. The first-order chi connectivity index (χ1) is 8.94. The molecule has 2 rings (SSSR count). The molecular weight excluding hydrogens is 288 g/mol. The number of carbonyl (C=O) groups is 1. The fourth-order valence-electron chi connectivity index (χ4n) is 2.32. The molecular formula is C11H16N2O4S2. The summed E-state index contributed by atoms with van der Waals surface area (Å²) < 4.78 is 31.7. The van der Waals surface area contributed by atoms with Crippen LogP contribution in [0.2, 0.25) is 0 Å². The van der Waals surface area contributed by atoms with Gasteiger partial charge in [-0.1, -0.05) is 6.42 Å². The molecule has 1 aliphatic carbocycles. The molecule has 0 radical (unpaired) electrons. The largest absolute Gasteiger partial charge is 0.469 e. The number of carbonyl (C=O) groups excluding carboxylic acids is 1. The number of aromatic nitrogens is 1. The summed E-state index contributed by atoms with van der Waals surface area (Å²) >= 11 is 1.27. The molecule has 6 nitrogen and oxygen atoms in total. The summed E-state index contributed by atoms with van der Waals surface area (Å²) in [5.74, 6) is -1.04. The highest BCUT2D eigenvalue weighted by molar-refractivity contribution is 7.93. The van der Waals surface area contributed by atoms with E-state index in [1.54, 1.807) is 6.20 Å². The summed E-state index contributed by atoms with van der Waals surface area (Å²) in [7, 11) is -2.33. The van der Waals surface area contributed by atoms with Crippen LogP contribution in [0, 0.1) is 12.8 Å². The monoisotopic (exact) mass is 304 g/mol. The second-order valence-corrected chi connectivity index (χ2v) is 7.66. The number of sulfonamides is 1. The van der Waals surface area contributed by atoms with Gasteiger partial charge in [0.15, 0.2) is 5.13 Å². The van der Waals surface area contributed by atoms with Gasteiger partial charge >= 0.3 is 5.97 Å². The highest BCUT2D eigenvalue weighted by Crippen LogP contribution is 2.33. The molecule has 0 spiro atoms. The van der Waals surface area contributed by atoms with Crippen molar-refractivity contribution in [3.8, 4) is 0 Å². The highest BCUT2D eigenvalue weighted by Gasteiger charge is 2.42. The Bertz CT molecular complexity index is 567. The average Bonchev–Trinajstić information content (AvgIpc) is 2.97. The third-order valence-corrected chi connectivity index (χ3v) is 6.00. The lowest BCUT2D eigenvalue weighted by atomic mass is 10.1. The molecule has 1 N–H and O–H groups in total. The lowest BCUT2D eigenvalue weighted by Gasteiger charge is -2.17. The zero-order valence-corrected chi connectivity index (χ0v) is 12.4. The summed E-state index contributed by atoms with van der Waals surface area (Å²) in [6.45, 7) is 1.85. The van der Waals surface area contributed by atoms with E-state index in [1.807, 2.05) is 6.92 Å². The standard InChI is InChI=1S/C11H16N2O4S2/c1-7-6-12-11(18-7)13-19(15,16)9-5-3-4-8(9)10(14)17-2/h6,8-9H,3-5H2,1-2H3,(H,12,13). The molecule has 0 bridgehead atoms. The summed E-state index contributed by atoms with van der Waals surface area (Å²) in [6.07, 6.45) is 3.34. The van der Waals surface area contributed by atoms with Crippen LogP contribution in [-0.4, -0.2) is 31.7 Å². The zero-order valence-electron chi connectivity index (χ0n) is 10.8. The van der Waals surface area contributed by atoms with Crippen LogP contribution in [0.5, 0.6) is 0 Å². The summed E-state index contributed by atoms with van der Waals surface area (Å²) in [6, 6.07) is 0. The fourth-order valence-corrected chi connectivity index (χ4v) is 4.95. The van der Waals surface area contributed by atoms with Gasteiger partial charge in [0.05, 0.1) is 18.3 Å². The van der Waals surface area contributed by atoms with Gasteiger partial charge in [-0.3, -0.25) is 9.52 Å². The molecule has 1 aromatic rings. The Morgan fingerprint density at radius 3 is 2.84 bits per heavy atom. The van der Waals surface area contributed by atoms with Crippen molar-refractivity contribution in [2.45, 2.75) is 31.4 Å². The Hall–Kier alpha value is -1.15. The van der Waals surface area contributed by atoms with Crippen molar-refractivity contribution in [2.75, 3.05) is 11.8 Å². The van der Waals surface area contributed by atoms with Crippen LogP contribution in [0.15, 0.2) is 6.20 Å². The molecule has 0 saturated heterocycles. The van der Waals surface area contributed by atoms with Crippen molar-refractivity contribution in [2.24, 2.45) is 5.92 Å². The number of ether oxygens (including phenoxy) is 1. The predicted octanol–water partition coefficient (Wildman–Crippen LogP) is 1.53. The summed E-state index contributed by atoms with van der Waals surface area (Å²) in [4.78, 5) is 16.5. The minimum Gasteiger partial charge on any atom is -0.469 e. The predicted molar refractivity (Wildman–Crippen MR) is 72.5 cm³/mol. The van der Waals surface area contributed by atoms with Gasteiger partial charge in [-0.05, 0) is 19.8 Å². The zero-order chi connectivity index (χ0) is 14.0. The molecule has 2 unspecified atom stereocenters. The molecule has 0 aliphatic heterocycles. The van der Waals surface area contributed by atoms with Crippen LogP contribution in [0.4, 0.5) is 5.13 Å². The lowest BCUT2D eigenvalue weighted by Crippen LogP contribution is -2.35. The van der Waals surface area contributed by atoms with E-state index in [0.717, 1.165) is 4.88 Å². The smallest absolute Gasteiger partial charge is 0.310 e. The Balaban J connectivity index is 2.17. The van der Waals surface area contributed by atoms with Gasteiger partial charge in [0, 0.05) is 11.1 Å². The van der Waals surface area contributed by atoms with E-state index < -0.39 is 27.2 Å². The van der Waals surface area contributed by atoms with Crippen LogP contribution in [0.25, 0.3) is 0 Å². The average molecular weight is 304 g/mol. The van der Waals surface area contributed by atoms with Crippen molar-refractivity contribution >= 4 is 32.5 Å².